The Labute approximate surface area is 88.7 Å². The fraction of sp³-hybridized carbons (Fsp3) is 0.636. The number of aryl methyl sites for hydroxylation is 1. The van der Waals surface area contributed by atoms with Crippen LogP contribution in [0.2, 0.25) is 0 Å². The number of nitrogens with zero attached hydrogens (tertiary/aromatic N) is 1. The van der Waals surface area contributed by atoms with E-state index in [1.807, 2.05) is 0 Å². The first-order valence-electron chi connectivity index (χ1n) is 5.46. The summed E-state index contributed by atoms with van der Waals surface area (Å²) in [5.41, 5.74) is 3.45. The second-order valence-electron chi connectivity index (χ2n) is 4.28. The Morgan fingerprint density at radius 2 is 2.27 bits per heavy atom. The Morgan fingerprint density at radius 3 is 3.00 bits per heavy atom. The first-order chi connectivity index (χ1) is 7.18. The third-order valence-corrected chi connectivity index (χ3v) is 3.06. The highest BCUT2D eigenvalue weighted by Gasteiger charge is 2.20. The number of aliphatic carboxylic acids is 1. The van der Waals surface area contributed by atoms with Gasteiger partial charge in [0.1, 0.15) is 0 Å². The van der Waals surface area contributed by atoms with Crippen molar-refractivity contribution in [2.75, 3.05) is 0 Å². The molecule has 0 fully saturated rings. The van der Waals surface area contributed by atoms with Gasteiger partial charge in [0.15, 0.2) is 0 Å². The molecule has 1 heterocycles. The fourth-order valence-electron chi connectivity index (χ4n) is 2.10. The van der Waals surface area contributed by atoms with Gasteiger partial charge in [0, 0.05) is 12.1 Å². The molecule has 2 N–H and O–H groups in total. The Bertz CT molecular complexity index is 371. The SMILES string of the molecule is CC(Cc1n[nH]c2c1CCCC2)C(=O)O. The van der Waals surface area contributed by atoms with Crippen molar-refractivity contribution in [1.29, 1.82) is 0 Å². The highest BCUT2D eigenvalue weighted by atomic mass is 16.4. The number of aromatic nitrogens is 2. The lowest BCUT2D eigenvalue weighted by Gasteiger charge is -2.12. The summed E-state index contributed by atoms with van der Waals surface area (Å²) >= 11 is 0. The summed E-state index contributed by atoms with van der Waals surface area (Å²) in [6.07, 6.45) is 5.06. The van der Waals surface area contributed by atoms with Gasteiger partial charge in [-0.25, -0.2) is 0 Å². The number of carboxylic acid groups (broad SMARTS) is 1. The lowest BCUT2D eigenvalue weighted by molar-refractivity contribution is -0.141. The van der Waals surface area contributed by atoms with Gasteiger partial charge < -0.3 is 5.11 Å². The molecule has 1 atom stereocenters. The number of rotatable bonds is 3. The molecule has 0 radical (unpaired) electrons. The molecule has 0 saturated heterocycles. The number of hydrogen-bond acceptors (Lipinski definition) is 2. The zero-order valence-corrected chi connectivity index (χ0v) is 8.92. The lowest BCUT2D eigenvalue weighted by Crippen LogP contribution is -2.14. The minimum absolute atomic E-state index is 0.348. The van der Waals surface area contributed by atoms with Crippen LogP contribution in [0, 0.1) is 5.92 Å². The van der Waals surface area contributed by atoms with Crippen LogP contribution in [0.15, 0.2) is 0 Å². The van der Waals surface area contributed by atoms with Crippen molar-refractivity contribution in [3.63, 3.8) is 0 Å². The van der Waals surface area contributed by atoms with Crippen molar-refractivity contribution >= 4 is 5.97 Å². The summed E-state index contributed by atoms with van der Waals surface area (Å²) in [6.45, 7) is 1.73. The number of H-pyrrole nitrogens is 1. The van der Waals surface area contributed by atoms with Gasteiger partial charge in [-0.2, -0.15) is 5.10 Å². The zero-order chi connectivity index (χ0) is 10.8. The molecule has 15 heavy (non-hydrogen) atoms. The van der Waals surface area contributed by atoms with E-state index in [1.165, 1.54) is 24.1 Å². The number of hydrogen-bond donors (Lipinski definition) is 2. The lowest BCUT2D eigenvalue weighted by atomic mass is 9.93. The van der Waals surface area contributed by atoms with E-state index < -0.39 is 5.97 Å². The maximum absolute atomic E-state index is 10.8. The van der Waals surface area contributed by atoms with Gasteiger partial charge in [-0.1, -0.05) is 6.92 Å². The van der Waals surface area contributed by atoms with Crippen molar-refractivity contribution in [1.82, 2.24) is 10.2 Å². The van der Waals surface area contributed by atoms with E-state index in [4.69, 9.17) is 5.11 Å². The van der Waals surface area contributed by atoms with Crippen molar-refractivity contribution in [2.45, 2.75) is 39.0 Å². The highest BCUT2D eigenvalue weighted by Crippen LogP contribution is 2.23. The van der Waals surface area contributed by atoms with Gasteiger partial charge in [-0.3, -0.25) is 9.89 Å². The molecule has 2 rings (SSSR count). The topological polar surface area (TPSA) is 66.0 Å². The monoisotopic (exact) mass is 208 g/mol. The van der Waals surface area contributed by atoms with Crippen LogP contribution < -0.4 is 0 Å². The predicted molar refractivity (Wildman–Crippen MR) is 55.7 cm³/mol. The van der Waals surface area contributed by atoms with Crippen LogP contribution >= 0.6 is 0 Å². The average molecular weight is 208 g/mol. The van der Waals surface area contributed by atoms with Gasteiger partial charge in [0.2, 0.25) is 0 Å². The van der Waals surface area contributed by atoms with Crippen LogP contribution in [-0.4, -0.2) is 21.3 Å². The molecule has 4 heteroatoms. The summed E-state index contributed by atoms with van der Waals surface area (Å²) in [7, 11) is 0. The molecular formula is C11H16N2O2. The van der Waals surface area contributed by atoms with E-state index in [2.05, 4.69) is 10.2 Å². The molecular weight excluding hydrogens is 192 g/mol. The Balaban J connectivity index is 2.15. The molecule has 1 aromatic heterocycles. The summed E-state index contributed by atoms with van der Waals surface area (Å²) in [6, 6.07) is 0. The molecule has 1 aliphatic carbocycles. The normalized spacial score (nSPS) is 17.1. The molecule has 0 aliphatic heterocycles. The number of fused-ring (bicyclic) bond motifs is 1. The molecule has 4 nitrogen and oxygen atoms in total. The Kier molecular flexibility index (Phi) is 2.75. The molecule has 0 bridgehead atoms. The van der Waals surface area contributed by atoms with Crippen LogP contribution in [0.25, 0.3) is 0 Å². The first kappa shape index (κ1) is 10.2. The van der Waals surface area contributed by atoms with Crippen molar-refractivity contribution < 1.29 is 9.90 Å². The Hall–Kier alpha value is -1.32. The van der Waals surface area contributed by atoms with Gasteiger partial charge in [0.05, 0.1) is 11.6 Å². The third-order valence-electron chi connectivity index (χ3n) is 3.06. The molecule has 0 amide bonds. The van der Waals surface area contributed by atoms with Crippen molar-refractivity contribution in [3.05, 3.63) is 17.0 Å². The quantitative estimate of drug-likeness (QED) is 0.792. The molecule has 1 unspecified atom stereocenters. The van der Waals surface area contributed by atoms with E-state index in [1.54, 1.807) is 6.92 Å². The fourth-order valence-corrected chi connectivity index (χ4v) is 2.10. The smallest absolute Gasteiger partial charge is 0.306 e. The van der Waals surface area contributed by atoms with Crippen molar-refractivity contribution in [2.24, 2.45) is 5.92 Å². The zero-order valence-electron chi connectivity index (χ0n) is 8.92. The number of carbonyl (C=O) groups is 1. The molecule has 0 spiro atoms. The minimum atomic E-state index is -0.748. The molecule has 82 valence electrons. The minimum Gasteiger partial charge on any atom is -0.481 e. The van der Waals surface area contributed by atoms with Crippen LogP contribution in [-0.2, 0) is 24.1 Å². The third kappa shape index (κ3) is 2.03. The molecule has 1 aliphatic rings. The van der Waals surface area contributed by atoms with Crippen LogP contribution in [0.4, 0.5) is 0 Å². The summed E-state index contributed by atoms with van der Waals surface area (Å²) in [4.78, 5) is 10.8. The number of carboxylic acids is 1. The van der Waals surface area contributed by atoms with E-state index in [-0.39, 0.29) is 5.92 Å². The van der Waals surface area contributed by atoms with Gasteiger partial charge >= 0.3 is 5.97 Å². The maximum atomic E-state index is 10.8. The first-order valence-corrected chi connectivity index (χ1v) is 5.46. The standard InChI is InChI=1S/C11H16N2O2/c1-7(11(14)15)6-10-8-4-2-3-5-9(8)12-13-10/h7H,2-6H2,1H3,(H,12,13)(H,14,15). The van der Waals surface area contributed by atoms with E-state index in [9.17, 15) is 4.79 Å². The van der Waals surface area contributed by atoms with Gasteiger partial charge in [0.25, 0.3) is 0 Å². The van der Waals surface area contributed by atoms with Crippen LogP contribution in [0.1, 0.15) is 36.7 Å². The molecule has 0 saturated carbocycles. The largest absolute Gasteiger partial charge is 0.481 e. The van der Waals surface area contributed by atoms with Crippen molar-refractivity contribution in [3.8, 4) is 0 Å². The van der Waals surface area contributed by atoms with Gasteiger partial charge in [-0.15, -0.1) is 0 Å². The molecule has 1 aromatic rings. The Morgan fingerprint density at radius 1 is 1.53 bits per heavy atom. The summed E-state index contributed by atoms with van der Waals surface area (Å²) in [5, 5.41) is 16.1. The van der Waals surface area contributed by atoms with Crippen LogP contribution in [0.3, 0.4) is 0 Å². The van der Waals surface area contributed by atoms with E-state index >= 15 is 0 Å². The second-order valence-corrected chi connectivity index (χ2v) is 4.28. The highest BCUT2D eigenvalue weighted by molar-refractivity contribution is 5.69. The summed E-state index contributed by atoms with van der Waals surface area (Å²) < 4.78 is 0. The number of nitrogens with one attached hydrogen (secondary N) is 1. The van der Waals surface area contributed by atoms with Gasteiger partial charge in [-0.05, 0) is 31.2 Å². The average Bonchev–Trinajstić information content (AvgIpc) is 2.62. The van der Waals surface area contributed by atoms with E-state index in [0.29, 0.717) is 6.42 Å². The van der Waals surface area contributed by atoms with E-state index in [0.717, 1.165) is 18.5 Å². The maximum Gasteiger partial charge on any atom is 0.306 e. The predicted octanol–water partition coefficient (Wildman–Crippen LogP) is 1.55. The molecule has 0 aromatic carbocycles. The number of aromatic amines is 1. The summed E-state index contributed by atoms with van der Waals surface area (Å²) in [5.74, 6) is -1.10. The van der Waals surface area contributed by atoms with Crippen LogP contribution in [0.5, 0.6) is 0 Å². The second kappa shape index (κ2) is 4.04.